The molecule has 0 aliphatic carbocycles. The summed E-state index contributed by atoms with van der Waals surface area (Å²) in [5.74, 6) is 0.669. The summed E-state index contributed by atoms with van der Waals surface area (Å²) < 4.78 is 5.64. The van der Waals surface area contributed by atoms with E-state index in [0.717, 1.165) is 56.5 Å². The van der Waals surface area contributed by atoms with Gasteiger partial charge in [-0.2, -0.15) is 0 Å². The first-order chi connectivity index (χ1) is 15.2. The summed E-state index contributed by atoms with van der Waals surface area (Å²) >= 11 is 0. The van der Waals surface area contributed by atoms with Gasteiger partial charge in [-0.05, 0) is 56.2 Å². The Balaban J connectivity index is 1.38. The second-order valence-corrected chi connectivity index (χ2v) is 8.74. The summed E-state index contributed by atoms with van der Waals surface area (Å²) in [6.45, 7) is 3.61. The molecule has 0 aromatic carbocycles. The van der Waals surface area contributed by atoms with Gasteiger partial charge in [-0.3, -0.25) is 19.5 Å². The van der Waals surface area contributed by atoms with Crippen LogP contribution < -0.4 is 5.56 Å². The fraction of sp³-hybridized carbons (Fsp3) is 0.565. The van der Waals surface area contributed by atoms with Crippen LogP contribution in [0, 0.1) is 0 Å². The highest BCUT2D eigenvalue weighted by Crippen LogP contribution is 2.31. The lowest BCUT2D eigenvalue weighted by Gasteiger charge is -2.37. The number of carbonyl (C=O) groups is 1. The number of nitrogens with one attached hydrogen (secondary N) is 1. The number of likely N-dealkylation sites (tertiary alicyclic amines) is 1. The van der Waals surface area contributed by atoms with E-state index in [0.29, 0.717) is 31.9 Å². The molecular weight excluding hydrogens is 394 g/mol. The predicted octanol–water partition coefficient (Wildman–Crippen LogP) is 1.96. The maximum atomic E-state index is 13.1. The van der Waals surface area contributed by atoms with Crippen molar-refractivity contribution < 1.29 is 9.53 Å². The number of hydrogen-bond acceptors (Lipinski definition) is 6. The van der Waals surface area contributed by atoms with Gasteiger partial charge < -0.3 is 14.6 Å². The largest absolute Gasteiger partial charge is 0.368 e. The van der Waals surface area contributed by atoms with Gasteiger partial charge in [-0.15, -0.1) is 0 Å². The van der Waals surface area contributed by atoms with E-state index in [4.69, 9.17) is 9.72 Å². The smallest absolute Gasteiger partial charge is 0.254 e. The number of rotatable bonds is 4. The first-order valence-corrected chi connectivity index (χ1v) is 11.3. The number of H-pyrrole nitrogens is 1. The highest BCUT2D eigenvalue weighted by molar-refractivity contribution is 5.81. The molecule has 5 rings (SSSR count). The first kappa shape index (κ1) is 20.3. The molecule has 1 N–H and O–H groups in total. The van der Waals surface area contributed by atoms with Crippen LogP contribution in [-0.4, -0.2) is 56.5 Å². The number of ether oxygens (including phenoxy) is 1. The van der Waals surface area contributed by atoms with Crippen molar-refractivity contribution in [3.63, 3.8) is 0 Å². The molecule has 31 heavy (non-hydrogen) atoms. The molecule has 2 atom stereocenters. The van der Waals surface area contributed by atoms with Gasteiger partial charge >= 0.3 is 0 Å². The first-order valence-electron chi connectivity index (χ1n) is 11.3. The van der Waals surface area contributed by atoms with Crippen molar-refractivity contribution in [2.45, 2.75) is 63.8 Å². The Bertz CT molecular complexity index is 986. The standard InChI is InChI=1S/C23H29N5O3/c29-22-17-8-12-27(14-16-6-9-24-10-7-16)15-18(17)25-21(26-22)19-4-1-2-11-28(19)23(30)20-5-3-13-31-20/h6-7,9-10,19-20H,1-5,8,11-15H2,(H,25,26,29)/t19-,20-/m0/s1. The third-order valence-corrected chi connectivity index (χ3v) is 6.63. The SMILES string of the molecule is O=C([C@@H]1CCCO1)N1CCCC[C@H]1c1nc2c(c(=O)[nH]1)CCN(Cc1ccncc1)C2. The zero-order valence-electron chi connectivity index (χ0n) is 17.8. The van der Waals surface area contributed by atoms with Crippen molar-refractivity contribution in [3.05, 3.63) is 57.5 Å². The fourth-order valence-corrected chi connectivity index (χ4v) is 4.99. The van der Waals surface area contributed by atoms with Gasteiger partial charge in [0.2, 0.25) is 0 Å². The lowest BCUT2D eigenvalue weighted by Crippen LogP contribution is -2.45. The molecule has 0 saturated carbocycles. The van der Waals surface area contributed by atoms with Crippen LogP contribution in [0.25, 0.3) is 0 Å². The quantitative estimate of drug-likeness (QED) is 0.808. The molecule has 8 heteroatoms. The summed E-state index contributed by atoms with van der Waals surface area (Å²) in [7, 11) is 0. The van der Waals surface area contributed by atoms with Crippen LogP contribution >= 0.6 is 0 Å². The lowest BCUT2D eigenvalue weighted by atomic mass is 9.99. The van der Waals surface area contributed by atoms with E-state index in [1.807, 2.05) is 17.0 Å². The second-order valence-electron chi connectivity index (χ2n) is 8.74. The summed E-state index contributed by atoms with van der Waals surface area (Å²) in [5, 5.41) is 0. The van der Waals surface area contributed by atoms with Crippen LogP contribution in [0.4, 0.5) is 0 Å². The Hall–Kier alpha value is -2.58. The zero-order chi connectivity index (χ0) is 21.2. The van der Waals surface area contributed by atoms with Crippen LogP contribution in [0.15, 0.2) is 29.3 Å². The van der Waals surface area contributed by atoms with Gasteiger partial charge in [0.05, 0.1) is 11.7 Å². The monoisotopic (exact) mass is 423 g/mol. The highest BCUT2D eigenvalue weighted by Gasteiger charge is 2.36. The molecule has 2 saturated heterocycles. The molecular formula is C23H29N5O3. The molecule has 3 aliphatic rings. The number of amides is 1. The molecule has 1 amide bonds. The van der Waals surface area contributed by atoms with Crippen molar-refractivity contribution in [2.75, 3.05) is 19.7 Å². The minimum absolute atomic E-state index is 0.0434. The second kappa shape index (κ2) is 8.88. The molecule has 0 radical (unpaired) electrons. The van der Waals surface area contributed by atoms with E-state index in [2.05, 4.69) is 14.9 Å². The third-order valence-electron chi connectivity index (χ3n) is 6.63. The molecule has 0 unspecified atom stereocenters. The van der Waals surface area contributed by atoms with Crippen LogP contribution in [0.3, 0.4) is 0 Å². The molecule has 2 fully saturated rings. The number of piperidine rings is 1. The van der Waals surface area contributed by atoms with E-state index in [1.165, 1.54) is 5.56 Å². The van der Waals surface area contributed by atoms with Crippen LogP contribution in [-0.2, 0) is 29.0 Å². The molecule has 2 aromatic rings. The Labute approximate surface area is 181 Å². The lowest BCUT2D eigenvalue weighted by molar-refractivity contribution is -0.145. The molecule has 0 bridgehead atoms. The molecule has 8 nitrogen and oxygen atoms in total. The number of aromatic nitrogens is 3. The molecule has 164 valence electrons. The van der Waals surface area contributed by atoms with Crippen LogP contribution in [0.5, 0.6) is 0 Å². The Morgan fingerprint density at radius 2 is 2.03 bits per heavy atom. The number of aromatic amines is 1. The average molecular weight is 424 g/mol. The summed E-state index contributed by atoms with van der Waals surface area (Å²) in [5.41, 5.74) is 2.76. The zero-order valence-corrected chi connectivity index (χ0v) is 17.8. The Morgan fingerprint density at radius 3 is 2.84 bits per heavy atom. The maximum Gasteiger partial charge on any atom is 0.254 e. The van der Waals surface area contributed by atoms with E-state index in [1.54, 1.807) is 12.4 Å². The topological polar surface area (TPSA) is 91.4 Å². The van der Waals surface area contributed by atoms with Gasteiger partial charge in [0.15, 0.2) is 0 Å². The van der Waals surface area contributed by atoms with Gasteiger partial charge in [0.25, 0.3) is 11.5 Å². The number of carbonyl (C=O) groups excluding carboxylic acids is 1. The summed E-state index contributed by atoms with van der Waals surface area (Å²) in [6, 6.07) is 3.85. The van der Waals surface area contributed by atoms with Crippen LogP contribution in [0.1, 0.15) is 60.8 Å². The normalized spacial score (nSPS) is 24.2. The molecule has 3 aliphatic heterocycles. The fourth-order valence-electron chi connectivity index (χ4n) is 4.99. The van der Waals surface area contributed by atoms with E-state index >= 15 is 0 Å². The van der Waals surface area contributed by atoms with E-state index < -0.39 is 0 Å². The number of pyridine rings is 1. The molecule has 0 spiro atoms. The minimum atomic E-state index is -0.346. The number of hydrogen-bond donors (Lipinski definition) is 1. The van der Waals surface area contributed by atoms with Crippen molar-refractivity contribution in [2.24, 2.45) is 0 Å². The van der Waals surface area contributed by atoms with E-state index in [9.17, 15) is 9.59 Å². The van der Waals surface area contributed by atoms with Gasteiger partial charge in [-0.25, -0.2) is 4.98 Å². The van der Waals surface area contributed by atoms with Crippen molar-refractivity contribution in [1.29, 1.82) is 0 Å². The molecule has 2 aromatic heterocycles. The third kappa shape index (κ3) is 4.27. The van der Waals surface area contributed by atoms with Crippen LogP contribution in [0.2, 0.25) is 0 Å². The predicted molar refractivity (Wildman–Crippen MR) is 114 cm³/mol. The van der Waals surface area contributed by atoms with E-state index in [-0.39, 0.29) is 23.6 Å². The summed E-state index contributed by atoms with van der Waals surface area (Å²) in [6.07, 6.45) is 8.47. The average Bonchev–Trinajstić information content (AvgIpc) is 3.34. The van der Waals surface area contributed by atoms with Gasteiger partial charge in [0, 0.05) is 50.7 Å². The maximum absolute atomic E-state index is 13.1. The highest BCUT2D eigenvalue weighted by atomic mass is 16.5. The van der Waals surface area contributed by atoms with Crippen molar-refractivity contribution >= 4 is 5.91 Å². The van der Waals surface area contributed by atoms with Gasteiger partial charge in [-0.1, -0.05) is 0 Å². The Morgan fingerprint density at radius 1 is 1.16 bits per heavy atom. The number of fused-ring (bicyclic) bond motifs is 1. The minimum Gasteiger partial charge on any atom is -0.368 e. The number of nitrogens with zero attached hydrogens (tertiary/aromatic N) is 4. The Kier molecular flexibility index (Phi) is 5.82. The summed E-state index contributed by atoms with van der Waals surface area (Å²) in [4.78, 5) is 42.2. The van der Waals surface area contributed by atoms with Crippen molar-refractivity contribution in [3.8, 4) is 0 Å². The van der Waals surface area contributed by atoms with Gasteiger partial charge in [0.1, 0.15) is 11.9 Å². The van der Waals surface area contributed by atoms with Crippen molar-refractivity contribution in [1.82, 2.24) is 24.8 Å². The molecule has 5 heterocycles.